The lowest BCUT2D eigenvalue weighted by molar-refractivity contribution is -0.0204. The zero-order chi connectivity index (χ0) is 13.5. The standard InChI is InChI=1S/C15H23NO3/c1-16-10-15(19-11-14-4-3-9-18-14)12-5-7-13(17-2)8-6-12/h5-8,14-16H,3-4,9-11H2,1-2H3. The van der Waals surface area contributed by atoms with Crippen molar-refractivity contribution in [1.29, 1.82) is 0 Å². The number of likely N-dealkylation sites (N-methyl/N-ethyl adjacent to an activating group) is 1. The first-order chi connectivity index (χ1) is 9.33. The molecule has 0 radical (unpaired) electrons. The summed E-state index contributed by atoms with van der Waals surface area (Å²) in [4.78, 5) is 0. The first kappa shape index (κ1) is 14.3. The van der Waals surface area contributed by atoms with Gasteiger partial charge in [0.05, 0.1) is 25.9 Å². The predicted octanol–water partition coefficient (Wildman–Crippen LogP) is 2.15. The Labute approximate surface area is 115 Å². The van der Waals surface area contributed by atoms with E-state index in [1.54, 1.807) is 7.11 Å². The summed E-state index contributed by atoms with van der Waals surface area (Å²) in [6.07, 6.45) is 2.57. The van der Waals surface area contributed by atoms with Gasteiger partial charge in [-0.3, -0.25) is 0 Å². The Morgan fingerprint density at radius 2 is 2.16 bits per heavy atom. The topological polar surface area (TPSA) is 39.7 Å². The van der Waals surface area contributed by atoms with Crippen molar-refractivity contribution < 1.29 is 14.2 Å². The Kier molecular flexibility index (Phi) is 5.63. The number of rotatable bonds is 7. The van der Waals surface area contributed by atoms with Gasteiger partial charge in [-0.25, -0.2) is 0 Å². The van der Waals surface area contributed by atoms with Gasteiger partial charge in [0, 0.05) is 13.2 Å². The molecule has 0 aromatic heterocycles. The molecule has 0 amide bonds. The van der Waals surface area contributed by atoms with Crippen molar-refractivity contribution in [3.63, 3.8) is 0 Å². The van der Waals surface area contributed by atoms with E-state index in [2.05, 4.69) is 17.4 Å². The molecular weight excluding hydrogens is 242 g/mol. The summed E-state index contributed by atoms with van der Waals surface area (Å²) in [6, 6.07) is 8.04. The summed E-state index contributed by atoms with van der Waals surface area (Å²) >= 11 is 0. The van der Waals surface area contributed by atoms with E-state index in [4.69, 9.17) is 14.2 Å². The molecule has 2 rings (SSSR count). The lowest BCUT2D eigenvalue weighted by Gasteiger charge is -2.20. The number of hydrogen-bond acceptors (Lipinski definition) is 4. The number of hydrogen-bond donors (Lipinski definition) is 1. The molecule has 1 aromatic carbocycles. The normalized spacial score (nSPS) is 20.4. The van der Waals surface area contributed by atoms with Gasteiger partial charge in [0.2, 0.25) is 0 Å². The fraction of sp³-hybridized carbons (Fsp3) is 0.600. The van der Waals surface area contributed by atoms with Crippen molar-refractivity contribution in [1.82, 2.24) is 5.32 Å². The summed E-state index contributed by atoms with van der Waals surface area (Å²) in [5.41, 5.74) is 1.16. The predicted molar refractivity (Wildman–Crippen MR) is 74.6 cm³/mol. The smallest absolute Gasteiger partial charge is 0.118 e. The Balaban J connectivity index is 1.92. The molecule has 1 aliphatic heterocycles. The molecule has 2 atom stereocenters. The molecule has 19 heavy (non-hydrogen) atoms. The molecule has 1 aliphatic rings. The zero-order valence-corrected chi connectivity index (χ0v) is 11.7. The van der Waals surface area contributed by atoms with Crippen LogP contribution in [-0.4, -0.2) is 40.0 Å². The highest BCUT2D eigenvalue weighted by molar-refractivity contribution is 5.28. The Hall–Kier alpha value is -1.10. The molecule has 106 valence electrons. The average Bonchev–Trinajstić information content (AvgIpc) is 2.97. The summed E-state index contributed by atoms with van der Waals surface area (Å²) in [7, 11) is 3.61. The maximum atomic E-state index is 6.00. The van der Waals surface area contributed by atoms with Crippen LogP contribution in [0, 0.1) is 0 Å². The highest BCUT2D eigenvalue weighted by atomic mass is 16.5. The van der Waals surface area contributed by atoms with Gasteiger partial charge < -0.3 is 19.5 Å². The van der Waals surface area contributed by atoms with E-state index in [9.17, 15) is 0 Å². The molecule has 1 aromatic rings. The molecular formula is C15H23NO3. The number of methoxy groups -OCH3 is 1. The van der Waals surface area contributed by atoms with E-state index in [0.717, 1.165) is 37.3 Å². The molecule has 1 saturated heterocycles. The van der Waals surface area contributed by atoms with Crippen LogP contribution in [-0.2, 0) is 9.47 Å². The lowest BCUT2D eigenvalue weighted by atomic mass is 10.1. The van der Waals surface area contributed by atoms with Crippen LogP contribution in [0.4, 0.5) is 0 Å². The van der Waals surface area contributed by atoms with Crippen molar-refractivity contribution >= 4 is 0 Å². The second-order valence-electron chi connectivity index (χ2n) is 4.79. The highest BCUT2D eigenvalue weighted by Crippen LogP contribution is 2.22. The number of ether oxygens (including phenoxy) is 3. The molecule has 0 saturated carbocycles. The first-order valence-electron chi connectivity index (χ1n) is 6.85. The van der Waals surface area contributed by atoms with Crippen molar-refractivity contribution in [2.24, 2.45) is 0 Å². The van der Waals surface area contributed by atoms with Gasteiger partial charge in [-0.05, 0) is 37.6 Å². The number of nitrogens with one attached hydrogen (secondary N) is 1. The molecule has 2 unspecified atom stereocenters. The third kappa shape index (κ3) is 4.20. The van der Waals surface area contributed by atoms with Crippen LogP contribution < -0.4 is 10.1 Å². The summed E-state index contributed by atoms with van der Waals surface area (Å²) in [6.45, 7) is 2.32. The molecule has 1 N–H and O–H groups in total. The van der Waals surface area contributed by atoms with Gasteiger partial charge in [-0.2, -0.15) is 0 Å². The van der Waals surface area contributed by atoms with Crippen LogP contribution in [0.5, 0.6) is 5.75 Å². The Morgan fingerprint density at radius 3 is 2.74 bits per heavy atom. The van der Waals surface area contributed by atoms with Crippen molar-refractivity contribution in [2.75, 3.05) is 33.9 Å². The molecule has 1 fully saturated rings. The fourth-order valence-electron chi connectivity index (χ4n) is 2.28. The maximum absolute atomic E-state index is 6.00. The van der Waals surface area contributed by atoms with E-state index >= 15 is 0 Å². The fourth-order valence-corrected chi connectivity index (χ4v) is 2.28. The van der Waals surface area contributed by atoms with E-state index in [0.29, 0.717) is 6.61 Å². The highest BCUT2D eigenvalue weighted by Gasteiger charge is 2.19. The second kappa shape index (κ2) is 7.48. The molecule has 1 heterocycles. The maximum Gasteiger partial charge on any atom is 0.118 e. The van der Waals surface area contributed by atoms with Gasteiger partial charge in [0.15, 0.2) is 0 Å². The Bertz CT molecular complexity index is 360. The van der Waals surface area contributed by atoms with Gasteiger partial charge in [-0.1, -0.05) is 12.1 Å². The van der Waals surface area contributed by atoms with E-state index in [1.807, 2.05) is 19.2 Å². The van der Waals surface area contributed by atoms with Gasteiger partial charge in [0.25, 0.3) is 0 Å². The first-order valence-corrected chi connectivity index (χ1v) is 6.85. The monoisotopic (exact) mass is 265 g/mol. The van der Waals surface area contributed by atoms with Crippen molar-refractivity contribution in [3.05, 3.63) is 29.8 Å². The minimum Gasteiger partial charge on any atom is -0.497 e. The van der Waals surface area contributed by atoms with Crippen molar-refractivity contribution in [3.8, 4) is 5.75 Å². The second-order valence-corrected chi connectivity index (χ2v) is 4.79. The molecule has 0 bridgehead atoms. The van der Waals surface area contributed by atoms with Gasteiger partial charge in [0.1, 0.15) is 5.75 Å². The molecule has 0 spiro atoms. The van der Waals surface area contributed by atoms with Crippen LogP contribution in [0.3, 0.4) is 0 Å². The molecule has 4 nitrogen and oxygen atoms in total. The van der Waals surface area contributed by atoms with Gasteiger partial charge in [-0.15, -0.1) is 0 Å². The summed E-state index contributed by atoms with van der Waals surface area (Å²) < 4.78 is 16.8. The summed E-state index contributed by atoms with van der Waals surface area (Å²) in [5, 5.41) is 3.17. The SMILES string of the molecule is CNCC(OCC1CCCO1)c1ccc(OC)cc1. The average molecular weight is 265 g/mol. The molecule has 0 aliphatic carbocycles. The van der Waals surface area contributed by atoms with Crippen LogP contribution in [0.2, 0.25) is 0 Å². The van der Waals surface area contributed by atoms with E-state index in [-0.39, 0.29) is 12.2 Å². The minimum absolute atomic E-state index is 0.0557. The third-order valence-corrected chi connectivity index (χ3v) is 3.38. The van der Waals surface area contributed by atoms with E-state index in [1.165, 1.54) is 0 Å². The summed E-state index contributed by atoms with van der Waals surface area (Å²) in [5.74, 6) is 0.867. The number of benzene rings is 1. The lowest BCUT2D eigenvalue weighted by Crippen LogP contribution is -2.24. The zero-order valence-electron chi connectivity index (χ0n) is 11.7. The molecule has 4 heteroatoms. The third-order valence-electron chi connectivity index (χ3n) is 3.38. The minimum atomic E-state index is 0.0557. The van der Waals surface area contributed by atoms with Crippen LogP contribution in [0.25, 0.3) is 0 Å². The van der Waals surface area contributed by atoms with E-state index < -0.39 is 0 Å². The van der Waals surface area contributed by atoms with Gasteiger partial charge >= 0.3 is 0 Å². The van der Waals surface area contributed by atoms with Crippen LogP contribution in [0.15, 0.2) is 24.3 Å². The largest absolute Gasteiger partial charge is 0.497 e. The van der Waals surface area contributed by atoms with Crippen molar-refractivity contribution in [2.45, 2.75) is 25.0 Å². The van der Waals surface area contributed by atoms with Crippen LogP contribution in [0.1, 0.15) is 24.5 Å². The quantitative estimate of drug-likeness (QED) is 0.820. The Morgan fingerprint density at radius 1 is 1.37 bits per heavy atom. The van der Waals surface area contributed by atoms with Crippen LogP contribution >= 0.6 is 0 Å².